The molecule has 13 heavy (non-hydrogen) atoms. The highest BCUT2D eigenvalue weighted by Crippen LogP contribution is 2.29. The van der Waals surface area contributed by atoms with Crippen LogP contribution in [0.1, 0.15) is 17.9 Å². The number of ether oxygens (including phenoxy) is 1. The summed E-state index contributed by atoms with van der Waals surface area (Å²) >= 11 is 0. The Morgan fingerprint density at radius 2 is 2.00 bits per heavy atom. The van der Waals surface area contributed by atoms with Gasteiger partial charge in [0.2, 0.25) is 6.29 Å². The van der Waals surface area contributed by atoms with E-state index in [0.29, 0.717) is 6.42 Å². The highest BCUT2D eigenvalue weighted by atomic mass is 16.6. The molecule has 1 fully saturated rings. The molecule has 1 heterocycles. The standard InChI is InChI=1S/C10H10O3/c11-9-6-8(10(12)13-9)7-4-2-1-3-5-7/h1-5,8-9,11H,6H2. The Morgan fingerprint density at radius 1 is 1.31 bits per heavy atom. The lowest BCUT2D eigenvalue weighted by Crippen LogP contribution is -2.05. The van der Waals surface area contributed by atoms with Crippen LogP contribution in [-0.4, -0.2) is 17.4 Å². The first-order valence-corrected chi connectivity index (χ1v) is 4.21. The average molecular weight is 178 g/mol. The Kier molecular flexibility index (Phi) is 2.02. The van der Waals surface area contributed by atoms with E-state index in [9.17, 15) is 4.79 Å². The van der Waals surface area contributed by atoms with E-state index in [0.717, 1.165) is 5.56 Å². The second kappa shape index (κ2) is 3.18. The molecular weight excluding hydrogens is 168 g/mol. The number of carbonyl (C=O) groups is 1. The number of hydrogen-bond donors (Lipinski definition) is 1. The fraction of sp³-hybridized carbons (Fsp3) is 0.300. The topological polar surface area (TPSA) is 46.5 Å². The molecule has 0 bridgehead atoms. The van der Waals surface area contributed by atoms with Gasteiger partial charge in [-0.05, 0) is 5.56 Å². The van der Waals surface area contributed by atoms with Gasteiger partial charge in [0, 0.05) is 6.42 Å². The van der Waals surface area contributed by atoms with E-state index in [4.69, 9.17) is 5.11 Å². The summed E-state index contributed by atoms with van der Waals surface area (Å²) in [4.78, 5) is 11.2. The first kappa shape index (κ1) is 8.26. The Morgan fingerprint density at radius 3 is 2.54 bits per heavy atom. The van der Waals surface area contributed by atoms with Gasteiger partial charge in [-0.1, -0.05) is 30.3 Å². The van der Waals surface area contributed by atoms with E-state index in [1.54, 1.807) is 0 Å². The van der Waals surface area contributed by atoms with Crippen LogP contribution in [0.3, 0.4) is 0 Å². The molecule has 1 aromatic carbocycles. The van der Waals surface area contributed by atoms with Crippen molar-refractivity contribution in [2.75, 3.05) is 0 Å². The smallest absolute Gasteiger partial charge is 0.315 e. The maximum absolute atomic E-state index is 11.2. The van der Waals surface area contributed by atoms with Crippen molar-refractivity contribution in [2.45, 2.75) is 18.6 Å². The highest BCUT2D eigenvalue weighted by Gasteiger charge is 2.33. The molecule has 3 heteroatoms. The molecular formula is C10H10O3. The molecule has 1 N–H and O–H groups in total. The molecule has 0 amide bonds. The maximum Gasteiger partial charge on any atom is 0.315 e. The van der Waals surface area contributed by atoms with Crippen LogP contribution in [0.15, 0.2) is 30.3 Å². The van der Waals surface area contributed by atoms with Gasteiger partial charge >= 0.3 is 5.97 Å². The van der Waals surface area contributed by atoms with E-state index >= 15 is 0 Å². The predicted octanol–water partition coefficient (Wildman–Crippen LogP) is 1.04. The minimum atomic E-state index is -0.933. The van der Waals surface area contributed by atoms with E-state index < -0.39 is 6.29 Å². The van der Waals surface area contributed by atoms with Crippen molar-refractivity contribution in [1.82, 2.24) is 0 Å². The molecule has 68 valence electrons. The Balaban J connectivity index is 2.23. The van der Waals surface area contributed by atoms with Gasteiger partial charge < -0.3 is 9.84 Å². The third-order valence-electron chi connectivity index (χ3n) is 2.18. The molecule has 2 unspecified atom stereocenters. The van der Waals surface area contributed by atoms with Crippen molar-refractivity contribution in [3.63, 3.8) is 0 Å². The van der Waals surface area contributed by atoms with Crippen molar-refractivity contribution in [3.8, 4) is 0 Å². The van der Waals surface area contributed by atoms with Crippen LogP contribution in [0.5, 0.6) is 0 Å². The number of cyclic esters (lactones) is 1. The van der Waals surface area contributed by atoms with Crippen LogP contribution in [0.2, 0.25) is 0 Å². The molecule has 0 aromatic heterocycles. The van der Waals surface area contributed by atoms with Gasteiger partial charge in [0.15, 0.2) is 0 Å². The summed E-state index contributed by atoms with van der Waals surface area (Å²) in [6.07, 6.45) is -0.569. The number of esters is 1. The quantitative estimate of drug-likeness (QED) is 0.653. The fourth-order valence-electron chi connectivity index (χ4n) is 1.52. The Bertz CT molecular complexity index is 307. The van der Waals surface area contributed by atoms with E-state index in [2.05, 4.69) is 4.74 Å². The number of benzene rings is 1. The lowest BCUT2D eigenvalue weighted by Gasteiger charge is -2.03. The zero-order chi connectivity index (χ0) is 9.26. The van der Waals surface area contributed by atoms with Crippen LogP contribution in [0.4, 0.5) is 0 Å². The molecule has 1 aliphatic heterocycles. The zero-order valence-electron chi connectivity index (χ0n) is 7.01. The lowest BCUT2D eigenvalue weighted by molar-refractivity contribution is -0.154. The number of carbonyl (C=O) groups excluding carboxylic acids is 1. The summed E-state index contributed by atoms with van der Waals surface area (Å²) in [5, 5.41) is 9.09. The van der Waals surface area contributed by atoms with Crippen LogP contribution < -0.4 is 0 Å². The van der Waals surface area contributed by atoms with E-state index in [1.165, 1.54) is 0 Å². The van der Waals surface area contributed by atoms with Crippen molar-refractivity contribution in [3.05, 3.63) is 35.9 Å². The summed E-state index contributed by atoms with van der Waals surface area (Å²) in [5.41, 5.74) is 0.907. The van der Waals surface area contributed by atoms with E-state index in [-0.39, 0.29) is 11.9 Å². The summed E-state index contributed by atoms with van der Waals surface area (Å²) in [5.74, 6) is -0.630. The van der Waals surface area contributed by atoms with Crippen LogP contribution in [0, 0.1) is 0 Å². The average Bonchev–Trinajstić information content (AvgIpc) is 2.47. The monoisotopic (exact) mass is 178 g/mol. The minimum Gasteiger partial charge on any atom is -0.435 e. The van der Waals surface area contributed by atoms with Gasteiger partial charge in [-0.2, -0.15) is 0 Å². The number of aliphatic hydroxyl groups is 1. The molecule has 1 aliphatic rings. The Labute approximate surface area is 76.0 Å². The first-order valence-electron chi connectivity index (χ1n) is 4.21. The van der Waals surface area contributed by atoms with Crippen molar-refractivity contribution >= 4 is 5.97 Å². The maximum atomic E-state index is 11.2. The summed E-state index contributed by atoms with van der Waals surface area (Å²) in [6.45, 7) is 0. The van der Waals surface area contributed by atoms with Crippen molar-refractivity contribution in [1.29, 1.82) is 0 Å². The molecule has 1 aromatic rings. The van der Waals surface area contributed by atoms with E-state index in [1.807, 2.05) is 30.3 Å². The number of aliphatic hydroxyl groups excluding tert-OH is 1. The summed E-state index contributed by atoms with van der Waals surface area (Å²) in [7, 11) is 0. The molecule has 2 rings (SSSR count). The molecule has 1 saturated heterocycles. The van der Waals surface area contributed by atoms with Crippen molar-refractivity contribution in [2.24, 2.45) is 0 Å². The lowest BCUT2D eigenvalue weighted by atomic mass is 9.98. The van der Waals surface area contributed by atoms with Crippen LogP contribution >= 0.6 is 0 Å². The van der Waals surface area contributed by atoms with Gasteiger partial charge in [-0.3, -0.25) is 4.79 Å². The molecule has 0 saturated carbocycles. The number of hydrogen-bond acceptors (Lipinski definition) is 3. The third-order valence-corrected chi connectivity index (χ3v) is 2.18. The largest absolute Gasteiger partial charge is 0.435 e. The highest BCUT2D eigenvalue weighted by molar-refractivity contribution is 5.80. The summed E-state index contributed by atoms with van der Waals surface area (Å²) < 4.78 is 4.64. The second-order valence-electron chi connectivity index (χ2n) is 3.09. The SMILES string of the molecule is O=C1OC(O)CC1c1ccccc1. The molecule has 0 aliphatic carbocycles. The normalized spacial score (nSPS) is 27.3. The second-order valence-corrected chi connectivity index (χ2v) is 3.09. The predicted molar refractivity (Wildman–Crippen MR) is 45.9 cm³/mol. The van der Waals surface area contributed by atoms with Crippen LogP contribution in [0.25, 0.3) is 0 Å². The van der Waals surface area contributed by atoms with Gasteiger partial charge in [0.25, 0.3) is 0 Å². The van der Waals surface area contributed by atoms with Gasteiger partial charge in [0.1, 0.15) is 0 Å². The zero-order valence-corrected chi connectivity index (χ0v) is 7.01. The first-order chi connectivity index (χ1) is 6.27. The van der Waals surface area contributed by atoms with Gasteiger partial charge in [-0.25, -0.2) is 0 Å². The van der Waals surface area contributed by atoms with Gasteiger partial charge in [0.05, 0.1) is 5.92 Å². The van der Waals surface area contributed by atoms with Crippen LogP contribution in [-0.2, 0) is 9.53 Å². The summed E-state index contributed by atoms with van der Waals surface area (Å²) in [6, 6.07) is 9.36. The third kappa shape index (κ3) is 1.55. The Hall–Kier alpha value is -1.35. The molecule has 0 spiro atoms. The molecule has 3 nitrogen and oxygen atoms in total. The molecule has 2 atom stereocenters. The van der Waals surface area contributed by atoms with Crippen molar-refractivity contribution < 1.29 is 14.6 Å². The number of rotatable bonds is 1. The fourth-order valence-corrected chi connectivity index (χ4v) is 1.52. The molecule has 0 radical (unpaired) electrons. The minimum absolute atomic E-state index is 0.295. The van der Waals surface area contributed by atoms with Gasteiger partial charge in [-0.15, -0.1) is 0 Å².